The van der Waals surface area contributed by atoms with Crippen LogP contribution in [0.5, 0.6) is 5.75 Å². The fraction of sp³-hybridized carbons (Fsp3) is 0.364. The molecule has 3 rings (SSSR count). The Hall–Kier alpha value is -1.87. The maximum absolute atomic E-state index is 11.7. The highest BCUT2D eigenvalue weighted by Crippen LogP contribution is 2.51. The predicted molar refractivity (Wildman–Crippen MR) is 109 cm³/mol. The molecule has 27 heavy (non-hydrogen) atoms. The summed E-state index contributed by atoms with van der Waals surface area (Å²) >= 11 is 0. The average molecular weight is 386 g/mol. The molecule has 0 amide bonds. The maximum atomic E-state index is 11.7. The van der Waals surface area contributed by atoms with Crippen LogP contribution in [0.2, 0.25) is 0 Å². The smallest absolute Gasteiger partial charge is 0.404 e. The van der Waals surface area contributed by atoms with Crippen molar-refractivity contribution in [3.05, 3.63) is 77.9 Å². The van der Waals surface area contributed by atoms with Gasteiger partial charge in [-0.25, -0.2) is 4.57 Å². The van der Waals surface area contributed by atoms with E-state index in [1.807, 2.05) is 36.4 Å². The monoisotopic (exact) mass is 386 g/mol. The summed E-state index contributed by atoms with van der Waals surface area (Å²) in [5, 5.41) is 0. The molecule has 4 nitrogen and oxygen atoms in total. The molecule has 2 aliphatic carbocycles. The summed E-state index contributed by atoms with van der Waals surface area (Å²) in [5.41, 5.74) is 1.09. The lowest BCUT2D eigenvalue weighted by Gasteiger charge is -2.42. The second kappa shape index (κ2) is 6.94. The Morgan fingerprint density at radius 2 is 1.48 bits per heavy atom. The van der Waals surface area contributed by atoms with E-state index in [4.69, 9.17) is 4.52 Å². The summed E-state index contributed by atoms with van der Waals surface area (Å²) in [6, 6.07) is 5.51. The third-order valence-corrected chi connectivity index (χ3v) is 6.60. The average Bonchev–Trinajstić information content (AvgIpc) is 2.59. The zero-order valence-electron chi connectivity index (χ0n) is 16.2. The van der Waals surface area contributed by atoms with Crippen LogP contribution >= 0.6 is 7.82 Å². The largest absolute Gasteiger partial charge is 0.524 e. The summed E-state index contributed by atoms with van der Waals surface area (Å²) < 4.78 is 16.8. The molecular formula is C22H27O4P. The minimum atomic E-state index is -4.69. The first-order valence-electron chi connectivity index (χ1n) is 9.19. The van der Waals surface area contributed by atoms with E-state index in [-0.39, 0.29) is 23.0 Å². The summed E-state index contributed by atoms with van der Waals surface area (Å²) in [6.45, 7) is 8.52. The van der Waals surface area contributed by atoms with Crippen molar-refractivity contribution in [3.8, 4) is 5.75 Å². The minimum absolute atomic E-state index is 0.143. The quantitative estimate of drug-likeness (QED) is 0.698. The second-order valence-electron chi connectivity index (χ2n) is 7.89. The normalized spacial score (nSPS) is 32.7. The van der Waals surface area contributed by atoms with E-state index in [1.165, 1.54) is 0 Å². The Bertz CT molecular complexity index is 892. The SMILES string of the molecule is CC1C=CC=CC1(C)c1cccc(OP(=O)(O)O)c1C1(C)C=CC=CC1C. The van der Waals surface area contributed by atoms with E-state index in [0.717, 1.165) is 11.1 Å². The van der Waals surface area contributed by atoms with Crippen molar-refractivity contribution in [2.75, 3.05) is 0 Å². The fourth-order valence-corrected chi connectivity index (χ4v) is 4.47. The first-order valence-corrected chi connectivity index (χ1v) is 10.7. The van der Waals surface area contributed by atoms with E-state index < -0.39 is 13.2 Å². The van der Waals surface area contributed by atoms with Crippen LogP contribution in [0.4, 0.5) is 0 Å². The number of benzene rings is 1. The summed E-state index contributed by atoms with van der Waals surface area (Å²) in [4.78, 5) is 19.0. The van der Waals surface area contributed by atoms with Gasteiger partial charge in [-0.15, -0.1) is 0 Å². The van der Waals surface area contributed by atoms with Gasteiger partial charge in [-0.1, -0.05) is 88.4 Å². The molecule has 0 heterocycles. The molecule has 0 radical (unpaired) electrons. The lowest BCUT2D eigenvalue weighted by Crippen LogP contribution is -2.36. The number of allylic oxidation sites excluding steroid dienone is 8. The Morgan fingerprint density at radius 3 is 2.00 bits per heavy atom. The van der Waals surface area contributed by atoms with Crippen LogP contribution in [0.15, 0.2) is 66.8 Å². The van der Waals surface area contributed by atoms with Crippen molar-refractivity contribution in [1.82, 2.24) is 0 Å². The topological polar surface area (TPSA) is 66.8 Å². The minimum Gasteiger partial charge on any atom is -0.404 e. The zero-order chi connectivity index (χ0) is 19.9. The molecule has 2 aliphatic rings. The standard InChI is InChI=1S/C22H27O4P/c1-16-10-5-7-14-21(16,3)18-12-9-13-19(26-27(23,24)25)20(18)22(4)15-8-6-11-17(22)2/h5-17H,1-4H3,(H2,23,24,25). The zero-order valence-corrected chi connectivity index (χ0v) is 17.1. The molecule has 2 N–H and O–H groups in total. The Balaban J connectivity index is 2.29. The Labute approximate surface area is 161 Å². The van der Waals surface area contributed by atoms with Crippen LogP contribution in [0, 0.1) is 11.8 Å². The number of hydrogen-bond acceptors (Lipinski definition) is 2. The summed E-state index contributed by atoms with van der Waals surface area (Å²) in [6.07, 6.45) is 16.6. The van der Waals surface area contributed by atoms with Crippen molar-refractivity contribution < 1.29 is 18.9 Å². The van der Waals surface area contributed by atoms with Crippen LogP contribution < -0.4 is 4.52 Å². The molecule has 0 bridgehead atoms. The Kier molecular flexibility index (Phi) is 5.11. The summed E-state index contributed by atoms with van der Waals surface area (Å²) in [7, 11) is -4.69. The predicted octanol–water partition coefficient (Wildman–Crippen LogP) is 5.20. The van der Waals surface area contributed by atoms with E-state index >= 15 is 0 Å². The van der Waals surface area contributed by atoms with Gasteiger partial charge in [0.2, 0.25) is 0 Å². The van der Waals surface area contributed by atoms with Gasteiger partial charge in [0.1, 0.15) is 5.75 Å². The molecule has 0 aliphatic heterocycles. The molecule has 0 fully saturated rings. The van der Waals surface area contributed by atoms with Gasteiger partial charge in [0.15, 0.2) is 0 Å². The van der Waals surface area contributed by atoms with E-state index in [1.54, 1.807) is 6.07 Å². The molecule has 4 unspecified atom stereocenters. The van der Waals surface area contributed by atoms with Gasteiger partial charge in [0, 0.05) is 16.4 Å². The van der Waals surface area contributed by atoms with Crippen LogP contribution in [0.1, 0.15) is 38.8 Å². The number of rotatable bonds is 4. The molecule has 144 valence electrons. The van der Waals surface area contributed by atoms with Gasteiger partial charge in [-0.05, 0) is 23.5 Å². The van der Waals surface area contributed by atoms with Gasteiger partial charge in [-0.2, -0.15) is 0 Å². The van der Waals surface area contributed by atoms with E-state index in [2.05, 4.69) is 52.0 Å². The first-order chi connectivity index (χ1) is 12.6. The van der Waals surface area contributed by atoms with Crippen molar-refractivity contribution in [2.45, 2.75) is 38.5 Å². The molecule has 5 heteroatoms. The van der Waals surface area contributed by atoms with E-state index in [9.17, 15) is 14.4 Å². The van der Waals surface area contributed by atoms with Gasteiger partial charge in [0.25, 0.3) is 0 Å². The Morgan fingerprint density at radius 1 is 0.926 bits per heavy atom. The maximum Gasteiger partial charge on any atom is 0.524 e. The van der Waals surface area contributed by atoms with Gasteiger partial charge in [0.05, 0.1) is 0 Å². The summed E-state index contributed by atoms with van der Waals surface area (Å²) in [5.74, 6) is 0.616. The van der Waals surface area contributed by atoms with Crippen molar-refractivity contribution in [2.24, 2.45) is 11.8 Å². The van der Waals surface area contributed by atoms with Crippen LogP contribution in [-0.2, 0) is 15.4 Å². The van der Waals surface area contributed by atoms with Gasteiger partial charge < -0.3 is 4.52 Å². The third kappa shape index (κ3) is 3.62. The van der Waals surface area contributed by atoms with Crippen LogP contribution in [0.3, 0.4) is 0 Å². The molecule has 0 aromatic heterocycles. The molecule has 1 aromatic carbocycles. The van der Waals surface area contributed by atoms with Crippen LogP contribution in [0.25, 0.3) is 0 Å². The fourth-order valence-electron chi connectivity index (χ4n) is 4.06. The van der Waals surface area contributed by atoms with E-state index in [0.29, 0.717) is 0 Å². The number of hydrogen-bond donors (Lipinski definition) is 2. The van der Waals surface area contributed by atoms with Crippen molar-refractivity contribution in [1.29, 1.82) is 0 Å². The molecule has 1 aromatic rings. The third-order valence-electron chi connectivity index (χ3n) is 6.16. The first kappa shape index (κ1) is 19.9. The van der Waals surface area contributed by atoms with Crippen molar-refractivity contribution in [3.63, 3.8) is 0 Å². The highest BCUT2D eigenvalue weighted by Gasteiger charge is 2.42. The highest BCUT2D eigenvalue weighted by atomic mass is 31.2. The lowest BCUT2D eigenvalue weighted by atomic mass is 9.62. The van der Waals surface area contributed by atoms with Crippen LogP contribution in [-0.4, -0.2) is 9.79 Å². The molecular weight excluding hydrogens is 359 g/mol. The second-order valence-corrected chi connectivity index (χ2v) is 9.06. The lowest BCUT2D eigenvalue weighted by molar-refractivity contribution is 0.278. The molecule has 0 saturated heterocycles. The number of phosphoric acid groups is 1. The molecule has 0 saturated carbocycles. The number of phosphoric ester groups is 1. The molecule has 4 atom stereocenters. The highest BCUT2D eigenvalue weighted by molar-refractivity contribution is 7.46. The van der Waals surface area contributed by atoms with Gasteiger partial charge in [-0.3, -0.25) is 9.79 Å². The molecule has 0 spiro atoms. The van der Waals surface area contributed by atoms with Gasteiger partial charge >= 0.3 is 7.82 Å². The van der Waals surface area contributed by atoms with Crippen molar-refractivity contribution >= 4 is 7.82 Å².